The third-order valence-electron chi connectivity index (χ3n) is 13.6. The van der Waals surface area contributed by atoms with E-state index < -0.39 is 0 Å². The summed E-state index contributed by atoms with van der Waals surface area (Å²) in [4.78, 5) is 0. The second-order valence-corrected chi connectivity index (χ2v) is 24.0. The molecule has 70 heavy (non-hydrogen) atoms. The maximum absolute atomic E-state index is 2.47. The Kier molecular flexibility index (Phi) is 36.2. The minimum atomic E-state index is 0. The van der Waals surface area contributed by atoms with Crippen LogP contribution in [0.3, 0.4) is 0 Å². The van der Waals surface area contributed by atoms with Gasteiger partial charge in [0.15, 0.2) is 0 Å². The molecule has 0 aliphatic carbocycles. The van der Waals surface area contributed by atoms with Gasteiger partial charge in [0.1, 0.15) is 0 Å². The number of benzene rings is 4. The van der Waals surface area contributed by atoms with Gasteiger partial charge in [0.2, 0.25) is 0 Å². The Morgan fingerprint density at radius 3 is 0.986 bits per heavy atom. The van der Waals surface area contributed by atoms with E-state index in [4.69, 9.17) is 0 Å². The summed E-state index contributed by atoms with van der Waals surface area (Å²) in [5.74, 6) is 0. The smallest absolute Gasteiger partial charge is 1.00 e. The summed E-state index contributed by atoms with van der Waals surface area (Å²) in [6.07, 6.45) is 28.1. The van der Waals surface area contributed by atoms with Crippen LogP contribution in [0.4, 0.5) is 0 Å². The molecule has 0 aliphatic heterocycles. The molecule has 0 aromatic heterocycles. The summed E-state index contributed by atoms with van der Waals surface area (Å²) in [6, 6.07) is 49.3. The van der Waals surface area contributed by atoms with Gasteiger partial charge in [-0.2, -0.15) is 36.4 Å². The topological polar surface area (TPSA) is 0 Å². The molecule has 0 heterocycles. The molecule has 0 spiro atoms. The molecule has 376 valence electrons. The van der Waals surface area contributed by atoms with Crippen LogP contribution in [0.5, 0.6) is 0 Å². The first-order valence-electron chi connectivity index (χ1n) is 26.3. The maximum Gasteiger partial charge on any atom is 2.00 e. The van der Waals surface area contributed by atoms with E-state index in [1.807, 2.05) is 0 Å². The number of unbranched alkanes of at least 4 members (excludes halogenated alkanes) is 12. The number of hydrogen-bond acceptors (Lipinski definition) is 0. The largest absolute Gasteiger partial charge is 2.00 e. The maximum atomic E-state index is 2.47. The molecule has 0 bridgehead atoms. The summed E-state index contributed by atoms with van der Waals surface area (Å²) < 4.78 is 0. The number of halogens is 2. The molecule has 8 aromatic rings. The zero-order valence-corrected chi connectivity index (χ0v) is 52.7. The minimum absolute atomic E-state index is 0. The van der Waals surface area contributed by atoms with Gasteiger partial charge in [-0.25, -0.2) is 0 Å². The zero-order valence-electron chi connectivity index (χ0n) is 44.5. The van der Waals surface area contributed by atoms with E-state index in [0.29, 0.717) is 0 Å². The van der Waals surface area contributed by atoms with E-state index in [1.165, 1.54) is 193 Å². The average Bonchev–Trinajstić information content (AvgIpc) is 4.18. The molecule has 0 nitrogen and oxygen atoms in total. The molecule has 0 aliphatic rings. The number of fused-ring (bicyclic) bond motifs is 4. The molecule has 0 fully saturated rings. The summed E-state index contributed by atoms with van der Waals surface area (Å²) in [6.45, 7) is 17.8. The zero-order chi connectivity index (χ0) is 46.9. The van der Waals surface area contributed by atoms with Crippen LogP contribution < -0.4 is 35.4 Å². The van der Waals surface area contributed by atoms with E-state index >= 15 is 0 Å². The predicted molar refractivity (Wildman–Crippen MR) is 306 cm³/mol. The molecular weight excluding hydrogens is 1080 g/mol. The van der Waals surface area contributed by atoms with Gasteiger partial charge in [-0.15, -0.1) is 138 Å². The van der Waals surface area contributed by atoms with Crippen LogP contribution in [0.2, 0.25) is 0 Å². The number of rotatable bonds is 22. The van der Waals surface area contributed by atoms with E-state index in [9.17, 15) is 0 Å². The van der Waals surface area contributed by atoms with Gasteiger partial charge < -0.3 is 24.8 Å². The monoisotopic (exact) mass is 1170 g/mol. The van der Waals surface area contributed by atoms with Crippen LogP contribution in [0.1, 0.15) is 153 Å². The molecule has 0 saturated carbocycles. The van der Waals surface area contributed by atoms with Crippen molar-refractivity contribution in [1.82, 2.24) is 0 Å². The predicted octanol–water partition coefficient (Wildman–Crippen LogP) is 14.0. The van der Waals surface area contributed by atoms with E-state index in [1.54, 1.807) is 10.6 Å². The number of aryl methyl sites for hydroxylation is 4. The van der Waals surface area contributed by atoms with Gasteiger partial charge in [0, 0.05) is 0 Å². The normalized spacial score (nSPS) is 10.7. The first-order chi connectivity index (χ1) is 32.3. The summed E-state index contributed by atoms with van der Waals surface area (Å²) in [5, 5.41) is 14.6. The van der Waals surface area contributed by atoms with Gasteiger partial charge in [-0.1, -0.05) is 170 Å². The first-order valence-corrected chi connectivity index (χ1v) is 29.7. The fourth-order valence-corrected chi connectivity index (χ4v) is 14.6. The van der Waals surface area contributed by atoms with Crippen LogP contribution in [0.15, 0.2) is 133 Å². The molecule has 0 saturated heterocycles. The molecule has 0 radical (unpaired) electrons. The second-order valence-electron chi connectivity index (χ2n) is 19.0. The van der Waals surface area contributed by atoms with E-state index in [-0.39, 0.29) is 93.1 Å². The second kappa shape index (κ2) is 38.1. The summed E-state index contributed by atoms with van der Waals surface area (Å²) in [5.41, 5.74) is 5.48. The molecule has 0 unspecified atom stereocenters. The summed E-state index contributed by atoms with van der Waals surface area (Å²) >= 11 is 0. The summed E-state index contributed by atoms with van der Waals surface area (Å²) in [7, 11) is 0.128. The van der Waals surface area contributed by atoms with E-state index in [2.05, 4.69) is 189 Å². The van der Waals surface area contributed by atoms with Gasteiger partial charge in [-0.3, -0.25) is 0 Å². The van der Waals surface area contributed by atoms with Crippen molar-refractivity contribution in [3.8, 4) is 0 Å². The van der Waals surface area contributed by atoms with Crippen molar-refractivity contribution < 1.29 is 77.2 Å². The molecule has 6 heteroatoms. The quantitative estimate of drug-likeness (QED) is 0.0360. The van der Waals surface area contributed by atoms with Gasteiger partial charge >= 0.3 is 52.4 Å². The SMILES string of the molecule is CCCCCCP(CCCCCC)c1cc2ccccc2[cH-]1.CCCCCCP(CCCCCC)c1cc2ccccc2[cH-]1.Cc1ccc(C)c2[cH-]ccc12.Cc1ccc(C)c2[cH-]ccc12.[Cl-].[Cl-].[Zr+2].[Zr+2]. The van der Waals surface area contributed by atoms with Gasteiger partial charge in [0.05, 0.1) is 0 Å². The Bertz CT molecular complexity index is 2200. The van der Waals surface area contributed by atoms with Crippen molar-refractivity contribution in [2.45, 2.75) is 158 Å². The van der Waals surface area contributed by atoms with Gasteiger partial charge in [-0.05, 0) is 64.2 Å². The molecule has 8 aromatic carbocycles. The third kappa shape index (κ3) is 21.8. The van der Waals surface area contributed by atoms with Crippen molar-refractivity contribution in [3.05, 3.63) is 156 Å². The van der Waals surface area contributed by atoms with E-state index in [0.717, 1.165) is 0 Å². The third-order valence-corrected chi connectivity index (χ3v) is 19.0. The van der Waals surface area contributed by atoms with Crippen LogP contribution >= 0.6 is 15.8 Å². The van der Waals surface area contributed by atoms with Crippen LogP contribution in [-0.2, 0) is 52.4 Å². The fraction of sp³-hybridized carbons (Fsp3) is 0.438. The molecular formula is C64H86Cl2P2Zr2-2. The minimum Gasteiger partial charge on any atom is -1.00 e. The Hall–Kier alpha value is -1.47. The first kappa shape index (κ1) is 66.5. The van der Waals surface area contributed by atoms with Gasteiger partial charge in [0.25, 0.3) is 0 Å². The fourth-order valence-electron chi connectivity index (χ4n) is 9.37. The van der Waals surface area contributed by atoms with Crippen LogP contribution in [0.25, 0.3) is 43.1 Å². The Balaban J connectivity index is 0.000000478. The van der Waals surface area contributed by atoms with Crippen molar-refractivity contribution in [2.75, 3.05) is 24.6 Å². The van der Waals surface area contributed by atoms with Crippen molar-refractivity contribution in [3.63, 3.8) is 0 Å². The number of hydrogen-bond donors (Lipinski definition) is 0. The molecule has 0 atom stereocenters. The molecule has 0 N–H and O–H groups in total. The van der Waals surface area contributed by atoms with Crippen molar-refractivity contribution in [2.24, 2.45) is 0 Å². The van der Waals surface area contributed by atoms with Crippen LogP contribution in [-0.4, -0.2) is 24.6 Å². The van der Waals surface area contributed by atoms with Crippen molar-refractivity contribution >= 4 is 69.5 Å². The molecule has 8 rings (SSSR count). The van der Waals surface area contributed by atoms with Crippen LogP contribution in [0, 0.1) is 27.7 Å². The Morgan fingerprint density at radius 2 is 0.686 bits per heavy atom. The Morgan fingerprint density at radius 1 is 0.371 bits per heavy atom. The average molecular weight is 1170 g/mol. The standard InChI is InChI=1S/2C21H32P.2C11H11.2ClH.2Zr/c2*1-3-5-7-11-15-22(16-12-8-6-4-2)21-17-19-13-9-10-14-20(19)18-21;2*1-8-6-7-9(2)11-5-3-4-10(8)11;;;;/h2*9-10,13-14,17-18H,3-8,11-12,15-16H2,1-2H3;2*3-7H,1-2H3;2*1H;;/q4*-1;;;2*+2/p-2. The van der Waals surface area contributed by atoms with Crippen molar-refractivity contribution in [1.29, 1.82) is 0 Å². The molecule has 0 amide bonds. The Labute approximate surface area is 480 Å².